The van der Waals surface area contributed by atoms with Crippen molar-refractivity contribution in [3.8, 4) is 0 Å². The van der Waals surface area contributed by atoms with Gasteiger partial charge in [0.25, 0.3) is 0 Å². The molecule has 0 fully saturated rings. The third kappa shape index (κ3) is 3.11. The molecule has 0 atom stereocenters. The van der Waals surface area contributed by atoms with E-state index in [0.717, 1.165) is 21.9 Å². The highest BCUT2D eigenvalue weighted by Gasteiger charge is 2.16. The van der Waals surface area contributed by atoms with Crippen molar-refractivity contribution in [1.29, 1.82) is 0 Å². The number of nitrogens with zero attached hydrogens (tertiary/aromatic N) is 3. The summed E-state index contributed by atoms with van der Waals surface area (Å²) in [4.78, 5) is 15.6. The summed E-state index contributed by atoms with van der Waals surface area (Å²) >= 11 is 1.66. The lowest BCUT2D eigenvalue weighted by Gasteiger charge is -2.06. The Kier molecular flexibility index (Phi) is 4.29. The third-order valence-corrected chi connectivity index (χ3v) is 4.15. The van der Waals surface area contributed by atoms with Crippen LogP contribution in [0, 0.1) is 24.0 Å². The van der Waals surface area contributed by atoms with Crippen molar-refractivity contribution < 1.29 is 4.92 Å². The minimum Gasteiger partial charge on any atom is -0.399 e. The van der Waals surface area contributed by atoms with Crippen LogP contribution in [0.5, 0.6) is 0 Å². The lowest BCUT2D eigenvalue weighted by atomic mass is 10.2. The lowest BCUT2D eigenvalue weighted by Crippen LogP contribution is -2.06. The highest BCUT2D eigenvalue weighted by molar-refractivity contribution is 7.99. The summed E-state index contributed by atoms with van der Waals surface area (Å²) in [5.74, 6) is 1.44. The zero-order valence-electron chi connectivity index (χ0n) is 11.4. The summed E-state index contributed by atoms with van der Waals surface area (Å²) in [6.07, 6.45) is 1.30. The van der Waals surface area contributed by atoms with Crippen molar-refractivity contribution in [1.82, 2.24) is 9.55 Å². The number of hydrogen-bond acceptors (Lipinski definition) is 5. The zero-order valence-corrected chi connectivity index (χ0v) is 12.2. The van der Waals surface area contributed by atoms with E-state index >= 15 is 0 Å². The number of aryl methyl sites for hydroxylation is 2. The number of aromatic nitrogens is 2. The third-order valence-electron chi connectivity index (χ3n) is 2.99. The molecule has 2 aromatic rings. The minimum atomic E-state index is -0.404. The van der Waals surface area contributed by atoms with E-state index in [1.165, 1.54) is 6.20 Å². The molecule has 6 nitrogen and oxygen atoms in total. The molecule has 1 aromatic heterocycles. The van der Waals surface area contributed by atoms with E-state index in [0.29, 0.717) is 12.4 Å². The summed E-state index contributed by atoms with van der Waals surface area (Å²) in [6, 6.07) is 5.76. The molecule has 0 saturated heterocycles. The normalized spacial score (nSPS) is 10.7. The first-order valence-electron chi connectivity index (χ1n) is 6.14. The van der Waals surface area contributed by atoms with E-state index in [1.807, 2.05) is 25.1 Å². The molecule has 0 saturated carbocycles. The van der Waals surface area contributed by atoms with Crippen LogP contribution in [0.4, 0.5) is 11.5 Å². The summed E-state index contributed by atoms with van der Waals surface area (Å²) < 4.78 is 1.62. The average Bonchev–Trinajstić information content (AvgIpc) is 2.74. The van der Waals surface area contributed by atoms with Gasteiger partial charge in [0.1, 0.15) is 12.7 Å². The Bertz CT molecular complexity index is 639. The van der Waals surface area contributed by atoms with Crippen LogP contribution >= 0.6 is 11.8 Å². The molecule has 0 aliphatic heterocycles. The van der Waals surface area contributed by atoms with Crippen molar-refractivity contribution in [3.05, 3.63) is 45.9 Å². The monoisotopic (exact) mass is 292 g/mol. The molecule has 0 amide bonds. The van der Waals surface area contributed by atoms with Gasteiger partial charge in [-0.2, -0.15) is 0 Å². The van der Waals surface area contributed by atoms with E-state index < -0.39 is 4.92 Å². The van der Waals surface area contributed by atoms with E-state index in [2.05, 4.69) is 4.98 Å². The minimum absolute atomic E-state index is 0.0390. The van der Waals surface area contributed by atoms with Gasteiger partial charge in [-0.1, -0.05) is 0 Å². The highest BCUT2D eigenvalue weighted by atomic mass is 32.2. The first-order valence-corrected chi connectivity index (χ1v) is 7.13. The van der Waals surface area contributed by atoms with Gasteiger partial charge in [-0.15, -0.1) is 11.8 Å². The number of thioether (sulfide) groups is 1. The second kappa shape index (κ2) is 5.96. The summed E-state index contributed by atoms with van der Waals surface area (Å²) in [7, 11) is 0. The Hall–Kier alpha value is -2.02. The maximum Gasteiger partial charge on any atom is 0.342 e. The van der Waals surface area contributed by atoms with Crippen molar-refractivity contribution in [3.63, 3.8) is 0 Å². The molecule has 0 bridgehead atoms. The number of benzene rings is 1. The molecule has 2 rings (SSSR count). The maximum atomic E-state index is 10.9. The second-order valence-corrected chi connectivity index (χ2v) is 5.58. The summed E-state index contributed by atoms with van der Waals surface area (Å²) in [5.41, 5.74) is 7.57. The van der Waals surface area contributed by atoms with Gasteiger partial charge < -0.3 is 15.8 Å². The Morgan fingerprint density at radius 3 is 2.85 bits per heavy atom. The van der Waals surface area contributed by atoms with Gasteiger partial charge in [0.05, 0.1) is 0 Å². The Morgan fingerprint density at radius 1 is 1.45 bits per heavy atom. The largest absolute Gasteiger partial charge is 0.399 e. The molecule has 0 aliphatic carbocycles. The number of imidazole rings is 1. The summed E-state index contributed by atoms with van der Waals surface area (Å²) in [6.45, 7) is 4.33. The van der Waals surface area contributed by atoms with Crippen LogP contribution in [0.1, 0.15) is 11.4 Å². The molecule has 1 aromatic carbocycles. The molecule has 2 N–H and O–H groups in total. The zero-order chi connectivity index (χ0) is 14.7. The molecule has 106 valence electrons. The number of nitro groups is 1. The Morgan fingerprint density at radius 2 is 2.20 bits per heavy atom. The predicted molar refractivity (Wildman–Crippen MR) is 79.9 cm³/mol. The van der Waals surface area contributed by atoms with Gasteiger partial charge in [0.15, 0.2) is 5.82 Å². The van der Waals surface area contributed by atoms with Crippen LogP contribution in [0.3, 0.4) is 0 Å². The first-order chi connectivity index (χ1) is 9.49. The van der Waals surface area contributed by atoms with Crippen LogP contribution in [-0.4, -0.2) is 20.2 Å². The van der Waals surface area contributed by atoms with E-state index in [1.54, 1.807) is 23.3 Å². The van der Waals surface area contributed by atoms with E-state index in [9.17, 15) is 10.1 Å². The van der Waals surface area contributed by atoms with E-state index in [-0.39, 0.29) is 5.82 Å². The van der Waals surface area contributed by atoms with Crippen molar-refractivity contribution >= 4 is 23.3 Å². The first kappa shape index (κ1) is 14.4. The van der Waals surface area contributed by atoms with Gasteiger partial charge in [-0.05, 0) is 35.6 Å². The average molecular weight is 292 g/mol. The van der Waals surface area contributed by atoms with Crippen molar-refractivity contribution in [2.24, 2.45) is 0 Å². The van der Waals surface area contributed by atoms with Crippen LogP contribution in [-0.2, 0) is 6.54 Å². The second-order valence-electron chi connectivity index (χ2n) is 4.45. The maximum absolute atomic E-state index is 10.9. The van der Waals surface area contributed by atoms with Crippen molar-refractivity contribution in [2.45, 2.75) is 25.3 Å². The number of hydrogen-bond donors (Lipinski definition) is 1. The molecule has 20 heavy (non-hydrogen) atoms. The van der Waals surface area contributed by atoms with Crippen LogP contribution in [0.25, 0.3) is 0 Å². The number of nitrogens with two attached hydrogens (primary N) is 1. The quantitative estimate of drug-likeness (QED) is 0.396. The number of rotatable bonds is 5. The molecule has 0 spiro atoms. The number of anilines is 1. The van der Waals surface area contributed by atoms with Gasteiger partial charge >= 0.3 is 5.82 Å². The molecular formula is C13H16N4O2S. The molecule has 0 aliphatic rings. The fourth-order valence-electron chi connectivity index (χ4n) is 1.96. The van der Waals surface area contributed by atoms with Gasteiger partial charge in [0, 0.05) is 23.3 Å². The highest BCUT2D eigenvalue weighted by Crippen LogP contribution is 2.25. The molecular weight excluding hydrogens is 276 g/mol. The topological polar surface area (TPSA) is 87.0 Å². The Balaban J connectivity index is 2.03. The van der Waals surface area contributed by atoms with Crippen LogP contribution in [0.15, 0.2) is 29.3 Å². The van der Waals surface area contributed by atoms with Gasteiger partial charge in [-0.25, -0.2) is 9.55 Å². The van der Waals surface area contributed by atoms with E-state index in [4.69, 9.17) is 5.73 Å². The standard InChI is InChI=1S/C13H16N4O2S/c1-9-7-11(14)3-4-12(9)20-6-5-16-10(2)15-8-13(16)17(18)19/h3-4,7-8H,5-6,14H2,1-2H3. The van der Waals surface area contributed by atoms with Crippen LogP contribution < -0.4 is 5.73 Å². The van der Waals surface area contributed by atoms with Gasteiger partial charge in [0.2, 0.25) is 0 Å². The lowest BCUT2D eigenvalue weighted by molar-refractivity contribution is -0.392. The summed E-state index contributed by atoms with van der Waals surface area (Å²) in [5, 5.41) is 10.9. The fraction of sp³-hybridized carbons (Fsp3) is 0.308. The molecule has 7 heteroatoms. The SMILES string of the molecule is Cc1cc(N)ccc1SCCn1c([N+](=O)[O-])cnc1C. The van der Waals surface area contributed by atoms with Gasteiger partial charge in [-0.3, -0.25) is 0 Å². The predicted octanol–water partition coefficient (Wildman–Crippen LogP) is 2.78. The van der Waals surface area contributed by atoms with Crippen LogP contribution in [0.2, 0.25) is 0 Å². The molecule has 1 heterocycles. The van der Waals surface area contributed by atoms with Crippen molar-refractivity contribution in [2.75, 3.05) is 11.5 Å². The Labute approximate surface area is 121 Å². The number of nitrogen functional groups attached to an aromatic ring is 1. The molecule has 0 radical (unpaired) electrons. The smallest absolute Gasteiger partial charge is 0.342 e. The fourth-order valence-corrected chi connectivity index (χ4v) is 2.90. The molecule has 0 unspecified atom stereocenters.